The highest BCUT2D eigenvalue weighted by Crippen LogP contribution is 2.68. The van der Waals surface area contributed by atoms with Crippen molar-refractivity contribution in [3.05, 3.63) is 24.3 Å². The third kappa shape index (κ3) is 12.4. The first-order valence-electron chi connectivity index (χ1n) is 22.7. The first kappa shape index (κ1) is 44.6. The van der Waals surface area contributed by atoms with Crippen LogP contribution in [-0.2, 0) is 19.1 Å². The molecule has 0 aromatic heterocycles. The van der Waals surface area contributed by atoms with E-state index in [1.165, 1.54) is 83.5 Å². The Balaban J connectivity index is 1.09. The van der Waals surface area contributed by atoms with Crippen LogP contribution in [0.5, 0.6) is 0 Å². The average molecular weight is 754 g/mol. The van der Waals surface area contributed by atoms with Crippen molar-refractivity contribution in [2.75, 3.05) is 6.54 Å². The zero-order valence-electron chi connectivity index (χ0n) is 34.8. The van der Waals surface area contributed by atoms with E-state index in [4.69, 9.17) is 9.84 Å². The number of fused-ring (bicyclic) bond motifs is 5. The number of carbonyl (C=O) groups excluding carboxylic acids is 2. The van der Waals surface area contributed by atoms with Crippen LogP contribution in [0.1, 0.15) is 188 Å². The van der Waals surface area contributed by atoms with E-state index >= 15 is 0 Å². The quantitative estimate of drug-likeness (QED) is 0.0514. The Bertz CT molecular complexity index is 1210. The molecular weight excluding hydrogens is 675 g/mol. The van der Waals surface area contributed by atoms with Gasteiger partial charge < -0.3 is 20.3 Å². The molecule has 10 unspecified atom stereocenters. The number of carboxylic acid groups (broad SMARTS) is 1. The number of hydrogen-bond donors (Lipinski definition) is 3. The minimum Gasteiger partial charge on any atom is -0.480 e. The van der Waals surface area contributed by atoms with Crippen LogP contribution >= 0.6 is 0 Å². The van der Waals surface area contributed by atoms with E-state index < -0.39 is 5.97 Å². The minimum absolute atomic E-state index is 0.00949. The van der Waals surface area contributed by atoms with E-state index in [2.05, 4.69) is 57.3 Å². The fraction of sp³-hybridized carbons (Fsp3) is 0.851. The molecule has 4 saturated carbocycles. The summed E-state index contributed by atoms with van der Waals surface area (Å²) in [6.07, 6.45) is 36.2. The van der Waals surface area contributed by atoms with Gasteiger partial charge >= 0.3 is 11.9 Å². The molecule has 10 atom stereocenters. The fourth-order valence-electron chi connectivity index (χ4n) is 11.9. The van der Waals surface area contributed by atoms with Crippen LogP contribution in [0.15, 0.2) is 24.3 Å². The minimum atomic E-state index is -1.02. The van der Waals surface area contributed by atoms with Crippen LogP contribution in [0.2, 0.25) is 0 Å². The van der Waals surface area contributed by atoms with Crippen molar-refractivity contribution in [1.29, 1.82) is 0 Å². The van der Waals surface area contributed by atoms with Crippen molar-refractivity contribution in [3.63, 3.8) is 0 Å². The number of allylic oxidation sites excluding steroid dienone is 4. The number of hydrogen-bond acceptors (Lipinski definition) is 5. The summed E-state index contributed by atoms with van der Waals surface area (Å²) >= 11 is 0. The van der Waals surface area contributed by atoms with Crippen molar-refractivity contribution in [2.24, 2.45) is 46.3 Å². The van der Waals surface area contributed by atoms with Crippen LogP contribution in [0, 0.1) is 46.3 Å². The Morgan fingerprint density at radius 1 is 0.796 bits per heavy atom. The molecule has 4 aliphatic rings. The number of carboxylic acids is 1. The number of ether oxygens (including phenoxy) is 1. The van der Waals surface area contributed by atoms with Gasteiger partial charge in [0.25, 0.3) is 0 Å². The van der Waals surface area contributed by atoms with Crippen LogP contribution in [0.25, 0.3) is 0 Å². The standard InChI is InChI=1S/C47H79NO6/c1-5-6-7-8-9-10-11-12-13-14-15-16-17-18-19-20-21-22-23-45(53)54-37-30-31-46(3)36(32-37)25-26-38-40-28-27-39(47(40,4)42(49)33-41(38)46)35(2)24-29-43(50)48-34-44(51)52/h10-11,13-14,35-42,49H,5-9,12,15-34H2,1-4H3,(H,48,50)(H,51,52)/b11-10-,14-13-. The molecule has 0 aromatic rings. The zero-order valence-corrected chi connectivity index (χ0v) is 34.8. The highest BCUT2D eigenvalue weighted by molar-refractivity contribution is 5.81. The van der Waals surface area contributed by atoms with Crippen LogP contribution in [0.4, 0.5) is 0 Å². The maximum atomic E-state index is 12.9. The number of aliphatic hydroxyl groups is 1. The third-order valence-corrected chi connectivity index (χ3v) is 15.1. The Kier molecular flexibility index (Phi) is 18.6. The van der Waals surface area contributed by atoms with Crippen molar-refractivity contribution >= 4 is 17.8 Å². The lowest BCUT2D eigenvalue weighted by atomic mass is 9.43. The molecule has 0 bridgehead atoms. The maximum Gasteiger partial charge on any atom is 0.322 e. The van der Waals surface area contributed by atoms with Gasteiger partial charge in [-0.3, -0.25) is 14.4 Å². The van der Waals surface area contributed by atoms with E-state index in [0.717, 1.165) is 64.2 Å². The topological polar surface area (TPSA) is 113 Å². The molecule has 0 radical (unpaired) electrons. The lowest BCUT2D eigenvalue weighted by Gasteiger charge is -2.62. The molecule has 0 aliphatic heterocycles. The van der Waals surface area contributed by atoms with Gasteiger partial charge in [-0.1, -0.05) is 103 Å². The lowest BCUT2D eigenvalue weighted by molar-refractivity contribution is -0.181. The van der Waals surface area contributed by atoms with Gasteiger partial charge in [-0.15, -0.1) is 0 Å². The van der Waals surface area contributed by atoms with Crippen molar-refractivity contribution < 1.29 is 29.3 Å². The molecule has 0 saturated heterocycles. The fourth-order valence-corrected chi connectivity index (χ4v) is 11.9. The SMILES string of the molecule is CCCCCC/C=C\C/C=C\CCCCCCCCCC(=O)OC1CCC2(C)C(CCC3C2CC(O)C2(C)C(C(C)CCC(=O)NCC(=O)O)CCC32)C1. The van der Waals surface area contributed by atoms with Gasteiger partial charge in [-0.25, -0.2) is 0 Å². The lowest BCUT2D eigenvalue weighted by Crippen LogP contribution is -2.59. The molecule has 4 fully saturated rings. The molecule has 0 aromatic carbocycles. The van der Waals surface area contributed by atoms with Gasteiger partial charge in [0.05, 0.1) is 6.10 Å². The van der Waals surface area contributed by atoms with Gasteiger partial charge in [-0.05, 0) is 143 Å². The smallest absolute Gasteiger partial charge is 0.322 e. The molecule has 1 amide bonds. The largest absolute Gasteiger partial charge is 0.480 e. The summed E-state index contributed by atoms with van der Waals surface area (Å²) in [5.74, 6) is 1.59. The first-order chi connectivity index (χ1) is 26.0. The molecule has 4 rings (SSSR count). The number of unbranched alkanes of at least 4 members (excludes halogenated alkanes) is 11. The van der Waals surface area contributed by atoms with Crippen LogP contribution < -0.4 is 5.32 Å². The second kappa shape index (κ2) is 22.6. The van der Waals surface area contributed by atoms with E-state index in [1.807, 2.05) is 0 Å². The Labute approximate surface area is 329 Å². The Morgan fingerprint density at radius 3 is 2.15 bits per heavy atom. The number of nitrogens with one attached hydrogen (secondary N) is 1. The molecule has 0 spiro atoms. The van der Waals surface area contributed by atoms with E-state index in [9.17, 15) is 19.5 Å². The van der Waals surface area contributed by atoms with Gasteiger partial charge in [-0.2, -0.15) is 0 Å². The van der Waals surface area contributed by atoms with Crippen molar-refractivity contribution in [2.45, 2.75) is 200 Å². The highest BCUT2D eigenvalue weighted by atomic mass is 16.5. The highest BCUT2D eigenvalue weighted by Gasteiger charge is 2.63. The number of esters is 1. The zero-order chi connectivity index (χ0) is 39.0. The maximum absolute atomic E-state index is 12.9. The first-order valence-corrected chi connectivity index (χ1v) is 22.7. The number of aliphatic carboxylic acids is 1. The van der Waals surface area contributed by atoms with Crippen molar-refractivity contribution in [1.82, 2.24) is 5.32 Å². The number of carbonyl (C=O) groups is 3. The summed E-state index contributed by atoms with van der Waals surface area (Å²) in [6, 6.07) is 0. The van der Waals surface area contributed by atoms with Gasteiger partial charge in [0.1, 0.15) is 12.6 Å². The third-order valence-electron chi connectivity index (χ3n) is 15.1. The molecule has 7 heteroatoms. The molecule has 54 heavy (non-hydrogen) atoms. The van der Waals surface area contributed by atoms with Crippen LogP contribution in [0.3, 0.4) is 0 Å². The average Bonchev–Trinajstić information content (AvgIpc) is 3.51. The van der Waals surface area contributed by atoms with Crippen molar-refractivity contribution in [3.8, 4) is 0 Å². The normalized spacial score (nSPS) is 32.6. The van der Waals surface area contributed by atoms with E-state index in [1.54, 1.807) is 0 Å². The molecule has 3 N–H and O–H groups in total. The van der Waals surface area contributed by atoms with Gasteiger partial charge in [0.2, 0.25) is 5.91 Å². The predicted molar refractivity (Wildman–Crippen MR) is 219 cm³/mol. The van der Waals surface area contributed by atoms with Gasteiger partial charge in [0.15, 0.2) is 0 Å². The molecular formula is C47H79NO6. The second-order valence-electron chi connectivity index (χ2n) is 18.6. The second-order valence-corrected chi connectivity index (χ2v) is 18.6. The summed E-state index contributed by atoms with van der Waals surface area (Å²) < 4.78 is 6.11. The van der Waals surface area contributed by atoms with E-state index in [0.29, 0.717) is 48.3 Å². The summed E-state index contributed by atoms with van der Waals surface area (Å²) in [5.41, 5.74) is 0.0386. The summed E-state index contributed by atoms with van der Waals surface area (Å²) in [4.78, 5) is 36.0. The summed E-state index contributed by atoms with van der Waals surface area (Å²) in [7, 11) is 0. The summed E-state index contributed by atoms with van der Waals surface area (Å²) in [5, 5.41) is 23.3. The molecule has 0 heterocycles. The Morgan fingerprint density at radius 2 is 1.46 bits per heavy atom. The predicted octanol–water partition coefficient (Wildman–Crippen LogP) is 11.1. The van der Waals surface area contributed by atoms with E-state index in [-0.39, 0.29) is 41.5 Å². The number of rotatable bonds is 24. The monoisotopic (exact) mass is 754 g/mol. The Hall–Kier alpha value is -2.15. The molecule has 7 nitrogen and oxygen atoms in total. The molecule has 4 aliphatic carbocycles. The number of aliphatic hydroxyl groups excluding tert-OH is 1. The van der Waals surface area contributed by atoms with Gasteiger partial charge in [0, 0.05) is 12.8 Å². The summed E-state index contributed by atoms with van der Waals surface area (Å²) in [6.45, 7) is 8.97. The van der Waals surface area contributed by atoms with Crippen LogP contribution in [-0.4, -0.2) is 46.8 Å². The number of amides is 1. The molecule has 308 valence electrons.